The van der Waals surface area contributed by atoms with Crippen LogP contribution in [0.3, 0.4) is 0 Å². The highest BCUT2D eigenvalue weighted by Gasteiger charge is 2.09. The van der Waals surface area contributed by atoms with Crippen molar-refractivity contribution in [2.24, 2.45) is 0 Å². The van der Waals surface area contributed by atoms with Crippen LogP contribution in [0, 0.1) is 0 Å². The number of hydrogen-bond donors (Lipinski definition) is 1. The van der Waals surface area contributed by atoms with Crippen molar-refractivity contribution in [3.8, 4) is 0 Å². The van der Waals surface area contributed by atoms with Crippen molar-refractivity contribution >= 4 is 0 Å². The maximum Gasteiger partial charge on any atom is 0.0782 e. The van der Waals surface area contributed by atoms with Crippen LogP contribution in [0.15, 0.2) is 0 Å². The molecular weight excluding hydrogens is 216 g/mol. The average Bonchev–Trinajstić information content (AvgIpc) is 2.19. The summed E-state index contributed by atoms with van der Waals surface area (Å²) in [5, 5.41) is 0. The van der Waals surface area contributed by atoms with Gasteiger partial charge in [0.25, 0.3) is 0 Å². The SMILES string of the molecule is CCCCC[N+](C)(C)CC.CC[NH+](C)C.[OH-].[OH-]. The summed E-state index contributed by atoms with van der Waals surface area (Å²) in [7, 11) is 8.88. The zero-order valence-corrected chi connectivity index (χ0v) is 13.1. The predicted molar refractivity (Wildman–Crippen MR) is 74.3 cm³/mol. The highest BCUT2D eigenvalue weighted by Crippen LogP contribution is 2.02. The lowest BCUT2D eigenvalue weighted by atomic mass is 10.2. The lowest BCUT2D eigenvalue weighted by molar-refractivity contribution is -0.888. The second kappa shape index (κ2) is 15.8. The van der Waals surface area contributed by atoms with Crippen LogP contribution < -0.4 is 4.90 Å². The van der Waals surface area contributed by atoms with Crippen molar-refractivity contribution in [3.05, 3.63) is 0 Å². The Morgan fingerprint density at radius 3 is 1.53 bits per heavy atom. The lowest BCUT2D eigenvalue weighted by Crippen LogP contribution is -3.05. The van der Waals surface area contributed by atoms with Gasteiger partial charge in [-0.2, -0.15) is 0 Å². The molecule has 4 nitrogen and oxygen atoms in total. The van der Waals surface area contributed by atoms with Crippen LogP contribution in [-0.4, -0.2) is 63.3 Å². The molecule has 0 bridgehead atoms. The third-order valence-electron chi connectivity index (χ3n) is 2.93. The number of hydrogen-bond acceptors (Lipinski definition) is 2. The van der Waals surface area contributed by atoms with Gasteiger partial charge >= 0.3 is 0 Å². The third kappa shape index (κ3) is 25.8. The van der Waals surface area contributed by atoms with Crippen LogP contribution >= 0.6 is 0 Å². The Morgan fingerprint density at radius 2 is 1.29 bits per heavy atom. The highest BCUT2D eigenvalue weighted by molar-refractivity contribution is 4.36. The average molecular weight is 252 g/mol. The Hall–Kier alpha value is -0.160. The molecular formula is C13H36N2O2. The molecule has 4 heteroatoms. The lowest BCUT2D eigenvalue weighted by Gasteiger charge is -2.27. The summed E-state index contributed by atoms with van der Waals surface area (Å²) >= 11 is 0. The summed E-state index contributed by atoms with van der Waals surface area (Å²) in [6.07, 6.45) is 4.11. The molecule has 0 aliphatic heterocycles. The van der Waals surface area contributed by atoms with Crippen LogP contribution in [0.2, 0.25) is 0 Å². The zero-order chi connectivity index (χ0) is 12.3. The molecule has 0 aromatic heterocycles. The van der Waals surface area contributed by atoms with Crippen LogP contribution in [-0.2, 0) is 0 Å². The van der Waals surface area contributed by atoms with E-state index < -0.39 is 0 Å². The number of quaternary nitrogens is 2. The maximum absolute atomic E-state index is 2.30. The topological polar surface area (TPSA) is 64.4 Å². The van der Waals surface area contributed by atoms with Crippen molar-refractivity contribution < 1.29 is 20.3 Å². The van der Waals surface area contributed by atoms with E-state index in [1.165, 1.54) is 48.3 Å². The molecule has 0 unspecified atom stereocenters. The smallest absolute Gasteiger partial charge is 0.0782 e. The summed E-state index contributed by atoms with van der Waals surface area (Å²) in [6.45, 7) is 10.5. The van der Waals surface area contributed by atoms with E-state index in [4.69, 9.17) is 0 Å². The van der Waals surface area contributed by atoms with Gasteiger partial charge in [-0.05, 0) is 26.7 Å². The van der Waals surface area contributed by atoms with Gasteiger partial charge in [-0.25, -0.2) is 0 Å². The Balaban J connectivity index is -0.000000105. The molecule has 0 saturated heterocycles. The third-order valence-corrected chi connectivity index (χ3v) is 2.93. The molecule has 0 atom stereocenters. The fourth-order valence-electron chi connectivity index (χ4n) is 0.948. The molecule has 0 rings (SSSR count). The van der Waals surface area contributed by atoms with Crippen LogP contribution in [0.4, 0.5) is 0 Å². The summed E-state index contributed by atoms with van der Waals surface area (Å²) in [5.74, 6) is 0. The van der Waals surface area contributed by atoms with Crippen molar-refractivity contribution in [1.29, 1.82) is 0 Å². The van der Waals surface area contributed by atoms with E-state index in [0.717, 1.165) is 0 Å². The Kier molecular flexibility index (Phi) is 23.9. The zero-order valence-electron chi connectivity index (χ0n) is 13.1. The molecule has 0 spiro atoms. The molecule has 110 valence electrons. The molecule has 0 saturated carbocycles. The largest absolute Gasteiger partial charge is 0.870 e. The first-order valence-electron chi connectivity index (χ1n) is 6.50. The predicted octanol–water partition coefficient (Wildman–Crippen LogP) is 1.07. The maximum atomic E-state index is 2.30. The van der Waals surface area contributed by atoms with Gasteiger partial charge in [0.15, 0.2) is 0 Å². The van der Waals surface area contributed by atoms with Gasteiger partial charge in [0.2, 0.25) is 0 Å². The first kappa shape index (κ1) is 25.6. The van der Waals surface area contributed by atoms with Crippen molar-refractivity contribution in [2.45, 2.75) is 40.0 Å². The number of unbranched alkanes of at least 4 members (excludes halogenated alkanes) is 2. The molecule has 0 aromatic carbocycles. The molecule has 0 aliphatic carbocycles. The van der Waals surface area contributed by atoms with Gasteiger partial charge in [-0.1, -0.05) is 13.3 Å². The standard InChI is InChI=1S/C9H22N.C4H11N.2H2O/c1-5-7-8-9-10(3,4)6-2;1-4-5(2)3;;/h5-9H2,1-4H3;4H2,1-3H3;2*1H2/q+1;;;/p-1. The normalized spacial score (nSPS) is 9.88. The second-order valence-electron chi connectivity index (χ2n) is 5.24. The number of rotatable bonds is 6. The summed E-state index contributed by atoms with van der Waals surface area (Å²) in [4.78, 5) is 1.50. The van der Waals surface area contributed by atoms with Gasteiger partial charge in [-0.3, -0.25) is 0 Å². The molecule has 0 aromatic rings. The second-order valence-corrected chi connectivity index (χ2v) is 5.24. The molecule has 17 heavy (non-hydrogen) atoms. The first-order valence-corrected chi connectivity index (χ1v) is 6.50. The van der Waals surface area contributed by atoms with E-state index in [1.807, 2.05) is 0 Å². The van der Waals surface area contributed by atoms with Crippen molar-refractivity contribution in [2.75, 3.05) is 47.8 Å². The van der Waals surface area contributed by atoms with E-state index >= 15 is 0 Å². The highest BCUT2D eigenvalue weighted by atomic mass is 16.0. The fourth-order valence-corrected chi connectivity index (χ4v) is 0.948. The molecule has 3 N–H and O–H groups in total. The molecule has 0 radical (unpaired) electrons. The van der Waals surface area contributed by atoms with Gasteiger partial charge in [0.05, 0.1) is 47.8 Å². The van der Waals surface area contributed by atoms with E-state index in [9.17, 15) is 0 Å². The minimum Gasteiger partial charge on any atom is -0.870 e. The molecule has 0 heterocycles. The number of nitrogens with zero attached hydrogens (tertiary/aromatic N) is 1. The molecule has 0 aliphatic rings. The molecule has 0 fully saturated rings. The molecule has 0 amide bonds. The fraction of sp³-hybridized carbons (Fsp3) is 1.00. The minimum atomic E-state index is 0. The Labute approximate surface area is 109 Å². The monoisotopic (exact) mass is 252 g/mol. The Bertz CT molecular complexity index is 129. The van der Waals surface area contributed by atoms with Crippen molar-refractivity contribution in [3.63, 3.8) is 0 Å². The number of nitrogens with one attached hydrogen (secondary N) is 1. The Morgan fingerprint density at radius 1 is 0.882 bits per heavy atom. The quantitative estimate of drug-likeness (QED) is 0.568. The minimum absolute atomic E-state index is 0. The van der Waals surface area contributed by atoms with E-state index in [0.29, 0.717) is 0 Å². The summed E-state index contributed by atoms with van der Waals surface area (Å²) in [5.41, 5.74) is 0. The summed E-state index contributed by atoms with van der Waals surface area (Å²) < 4.78 is 1.18. The van der Waals surface area contributed by atoms with Crippen LogP contribution in [0.1, 0.15) is 40.0 Å². The first-order chi connectivity index (χ1) is 6.89. The van der Waals surface area contributed by atoms with Gasteiger partial charge in [-0.15, -0.1) is 0 Å². The van der Waals surface area contributed by atoms with Gasteiger partial charge in [0, 0.05) is 0 Å². The summed E-state index contributed by atoms with van der Waals surface area (Å²) in [6, 6.07) is 0. The van der Waals surface area contributed by atoms with Gasteiger partial charge in [0.1, 0.15) is 0 Å². The van der Waals surface area contributed by atoms with E-state index in [1.54, 1.807) is 0 Å². The van der Waals surface area contributed by atoms with E-state index in [2.05, 4.69) is 49.0 Å². The van der Waals surface area contributed by atoms with Crippen LogP contribution in [0.5, 0.6) is 0 Å². The van der Waals surface area contributed by atoms with Gasteiger partial charge < -0.3 is 20.3 Å². The van der Waals surface area contributed by atoms with Crippen LogP contribution in [0.25, 0.3) is 0 Å². The van der Waals surface area contributed by atoms with E-state index in [-0.39, 0.29) is 11.0 Å². The van der Waals surface area contributed by atoms with Crippen molar-refractivity contribution in [1.82, 2.24) is 0 Å².